The van der Waals surface area contributed by atoms with Crippen LogP contribution in [-0.2, 0) is 4.79 Å². The molecule has 1 amide bonds. The number of benzene rings is 1. The van der Waals surface area contributed by atoms with Crippen molar-refractivity contribution in [1.29, 1.82) is 0 Å². The van der Waals surface area contributed by atoms with Crippen molar-refractivity contribution in [1.82, 2.24) is 20.4 Å². The van der Waals surface area contributed by atoms with E-state index < -0.39 is 0 Å². The van der Waals surface area contributed by atoms with E-state index in [0.717, 1.165) is 36.8 Å². The summed E-state index contributed by atoms with van der Waals surface area (Å²) in [6.45, 7) is 4.14. The first kappa shape index (κ1) is 21.0. The summed E-state index contributed by atoms with van der Waals surface area (Å²) >= 11 is 0. The number of ether oxygens (including phenoxy) is 1. The Morgan fingerprint density at radius 1 is 1.41 bits per heavy atom. The first-order valence-corrected chi connectivity index (χ1v) is 9.54. The van der Waals surface area contributed by atoms with Gasteiger partial charge in [-0.3, -0.25) is 9.79 Å². The van der Waals surface area contributed by atoms with E-state index in [0.29, 0.717) is 13.0 Å². The highest BCUT2D eigenvalue weighted by atomic mass is 16.5. The molecule has 7 nitrogen and oxygen atoms in total. The SMILES string of the molecule is CCC(=O)N1CCC(NC(=NC)NCC(c2ccccc2OC)N(C)C)C1. The first-order chi connectivity index (χ1) is 13.0. The lowest BCUT2D eigenvalue weighted by molar-refractivity contribution is -0.129. The molecular weight excluding hydrogens is 342 g/mol. The molecule has 27 heavy (non-hydrogen) atoms. The maximum Gasteiger partial charge on any atom is 0.222 e. The number of aliphatic imine (C=N–C) groups is 1. The van der Waals surface area contributed by atoms with Gasteiger partial charge in [-0.05, 0) is 26.6 Å². The van der Waals surface area contributed by atoms with Crippen molar-refractivity contribution in [3.8, 4) is 5.75 Å². The molecule has 1 aliphatic heterocycles. The minimum absolute atomic E-state index is 0.140. The number of nitrogens with one attached hydrogen (secondary N) is 2. The smallest absolute Gasteiger partial charge is 0.222 e. The first-order valence-electron chi connectivity index (χ1n) is 9.54. The molecule has 0 radical (unpaired) electrons. The molecule has 0 bridgehead atoms. The van der Waals surface area contributed by atoms with Crippen molar-refractivity contribution in [2.75, 3.05) is 47.9 Å². The topological polar surface area (TPSA) is 69.2 Å². The van der Waals surface area contributed by atoms with Crippen LogP contribution < -0.4 is 15.4 Å². The lowest BCUT2D eigenvalue weighted by Gasteiger charge is -2.28. The second-order valence-corrected chi connectivity index (χ2v) is 7.00. The monoisotopic (exact) mass is 375 g/mol. The van der Waals surface area contributed by atoms with Crippen LogP contribution in [0, 0.1) is 0 Å². The number of carbonyl (C=O) groups is 1. The largest absolute Gasteiger partial charge is 0.496 e. The summed E-state index contributed by atoms with van der Waals surface area (Å²) in [5, 5.41) is 6.87. The Bertz CT molecular complexity index is 647. The zero-order valence-corrected chi connectivity index (χ0v) is 17.2. The normalized spacial score (nSPS) is 18.5. The summed E-state index contributed by atoms with van der Waals surface area (Å²) in [5.41, 5.74) is 1.13. The van der Waals surface area contributed by atoms with Gasteiger partial charge in [-0.25, -0.2) is 0 Å². The van der Waals surface area contributed by atoms with Gasteiger partial charge in [0.05, 0.1) is 13.2 Å². The minimum Gasteiger partial charge on any atom is -0.496 e. The van der Waals surface area contributed by atoms with Gasteiger partial charge in [-0.1, -0.05) is 25.1 Å². The van der Waals surface area contributed by atoms with E-state index in [2.05, 4.69) is 40.7 Å². The van der Waals surface area contributed by atoms with Crippen LogP contribution in [-0.4, -0.2) is 75.6 Å². The molecule has 1 aromatic carbocycles. The summed E-state index contributed by atoms with van der Waals surface area (Å²) in [5.74, 6) is 1.85. The van der Waals surface area contributed by atoms with E-state index in [9.17, 15) is 4.79 Å². The average molecular weight is 376 g/mol. The lowest BCUT2D eigenvalue weighted by Crippen LogP contribution is -2.47. The molecule has 1 aliphatic rings. The molecule has 0 aliphatic carbocycles. The third kappa shape index (κ3) is 5.60. The van der Waals surface area contributed by atoms with Crippen molar-refractivity contribution in [3.05, 3.63) is 29.8 Å². The number of para-hydroxylation sites is 1. The number of likely N-dealkylation sites (tertiary alicyclic amines) is 1. The Morgan fingerprint density at radius 3 is 2.78 bits per heavy atom. The quantitative estimate of drug-likeness (QED) is 0.558. The number of likely N-dealkylation sites (N-methyl/N-ethyl adjacent to an activating group) is 1. The zero-order valence-electron chi connectivity index (χ0n) is 17.2. The fourth-order valence-electron chi connectivity index (χ4n) is 3.42. The van der Waals surface area contributed by atoms with E-state index in [1.807, 2.05) is 30.0 Å². The lowest BCUT2D eigenvalue weighted by atomic mass is 10.0. The third-order valence-electron chi connectivity index (χ3n) is 4.99. The molecule has 2 unspecified atom stereocenters. The van der Waals surface area contributed by atoms with E-state index >= 15 is 0 Å². The number of hydrogen-bond acceptors (Lipinski definition) is 4. The van der Waals surface area contributed by atoms with Crippen LogP contribution >= 0.6 is 0 Å². The van der Waals surface area contributed by atoms with Crippen LogP contribution in [0.25, 0.3) is 0 Å². The van der Waals surface area contributed by atoms with Gasteiger partial charge in [0.15, 0.2) is 5.96 Å². The van der Waals surface area contributed by atoms with Crippen LogP contribution in [0.4, 0.5) is 0 Å². The fourth-order valence-corrected chi connectivity index (χ4v) is 3.42. The number of guanidine groups is 1. The highest BCUT2D eigenvalue weighted by molar-refractivity contribution is 5.80. The van der Waals surface area contributed by atoms with Crippen molar-refractivity contribution in [3.63, 3.8) is 0 Å². The maximum atomic E-state index is 11.9. The van der Waals surface area contributed by atoms with Crippen LogP contribution in [0.3, 0.4) is 0 Å². The van der Waals surface area contributed by atoms with Crippen molar-refractivity contribution < 1.29 is 9.53 Å². The van der Waals surface area contributed by atoms with Crippen LogP contribution in [0.5, 0.6) is 5.75 Å². The molecule has 7 heteroatoms. The molecule has 1 heterocycles. The summed E-state index contributed by atoms with van der Waals surface area (Å²) in [6.07, 6.45) is 1.50. The Kier molecular flexibility index (Phi) is 7.91. The molecule has 1 aromatic rings. The second kappa shape index (κ2) is 10.2. The molecule has 150 valence electrons. The van der Waals surface area contributed by atoms with Crippen LogP contribution in [0.15, 0.2) is 29.3 Å². The summed E-state index contributed by atoms with van der Waals surface area (Å²) < 4.78 is 5.52. The maximum absolute atomic E-state index is 11.9. The zero-order chi connectivity index (χ0) is 19.8. The Morgan fingerprint density at radius 2 is 2.15 bits per heavy atom. The predicted molar refractivity (Wildman–Crippen MR) is 109 cm³/mol. The van der Waals surface area contributed by atoms with Crippen molar-refractivity contribution in [2.24, 2.45) is 4.99 Å². The Hall–Kier alpha value is -2.28. The Balaban J connectivity index is 1.96. The molecular formula is C20H33N5O2. The highest BCUT2D eigenvalue weighted by Gasteiger charge is 2.26. The fraction of sp³-hybridized carbons (Fsp3) is 0.600. The van der Waals surface area contributed by atoms with Crippen molar-refractivity contribution >= 4 is 11.9 Å². The van der Waals surface area contributed by atoms with Gasteiger partial charge in [0.25, 0.3) is 0 Å². The van der Waals surface area contributed by atoms with Gasteiger partial charge in [0.1, 0.15) is 5.75 Å². The minimum atomic E-state index is 0.140. The standard InChI is InChI=1S/C20H33N5O2/c1-6-19(26)25-12-11-15(14-25)23-20(21-2)22-13-17(24(3)4)16-9-7-8-10-18(16)27-5/h7-10,15,17H,6,11-14H2,1-5H3,(H2,21,22,23). The summed E-state index contributed by atoms with van der Waals surface area (Å²) in [4.78, 5) is 20.3. The number of nitrogens with zero attached hydrogens (tertiary/aromatic N) is 3. The second-order valence-electron chi connectivity index (χ2n) is 7.00. The predicted octanol–water partition coefficient (Wildman–Crippen LogP) is 1.47. The van der Waals surface area contributed by atoms with E-state index in [1.165, 1.54) is 0 Å². The third-order valence-corrected chi connectivity index (χ3v) is 4.99. The number of rotatable bonds is 7. The van der Waals surface area contributed by atoms with E-state index in [4.69, 9.17) is 4.74 Å². The molecule has 2 atom stereocenters. The van der Waals surface area contributed by atoms with Crippen LogP contribution in [0.1, 0.15) is 31.4 Å². The van der Waals surface area contributed by atoms with Gasteiger partial charge in [0, 0.05) is 44.7 Å². The van der Waals surface area contributed by atoms with E-state index in [1.54, 1.807) is 14.2 Å². The van der Waals surface area contributed by atoms with Gasteiger partial charge in [0.2, 0.25) is 5.91 Å². The molecule has 1 fully saturated rings. The molecule has 2 rings (SSSR count). The molecule has 0 spiro atoms. The molecule has 1 saturated heterocycles. The summed E-state index contributed by atoms with van der Waals surface area (Å²) in [7, 11) is 7.58. The van der Waals surface area contributed by atoms with Crippen molar-refractivity contribution in [2.45, 2.75) is 31.8 Å². The number of hydrogen-bond donors (Lipinski definition) is 2. The molecule has 0 saturated carbocycles. The average Bonchev–Trinajstić information content (AvgIpc) is 3.15. The summed E-state index contributed by atoms with van der Waals surface area (Å²) in [6, 6.07) is 8.45. The van der Waals surface area contributed by atoms with E-state index in [-0.39, 0.29) is 18.0 Å². The van der Waals surface area contributed by atoms with Gasteiger partial charge < -0.3 is 25.2 Å². The number of methoxy groups -OCH3 is 1. The van der Waals surface area contributed by atoms with Gasteiger partial charge >= 0.3 is 0 Å². The highest BCUT2D eigenvalue weighted by Crippen LogP contribution is 2.27. The molecule has 0 aromatic heterocycles. The van der Waals surface area contributed by atoms with Crippen LogP contribution in [0.2, 0.25) is 0 Å². The number of amides is 1. The Labute approximate surface area is 162 Å². The van der Waals surface area contributed by atoms with Gasteiger partial charge in [-0.2, -0.15) is 0 Å². The van der Waals surface area contributed by atoms with Gasteiger partial charge in [-0.15, -0.1) is 0 Å². The molecule has 2 N–H and O–H groups in total. The number of carbonyl (C=O) groups excluding carboxylic acids is 1.